The van der Waals surface area contributed by atoms with Crippen molar-refractivity contribution in [2.24, 2.45) is 0 Å². The van der Waals surface area contributed by atoms with E-state index in [9.17, 15) is 9.59 Å². The maximum atomic E-state index is 13.5. The van der Waals surface area contributed by atoms with E-state index in [-0.39, 0.29) is 10.7 Å². The summed E-state index contributed by atoms with van der Waals surface area (Å²) in [6, 6.07) is 24.6. The number of para-hydroxylation sites is 1. The van der Waals surface area contributed by atoms with Crippen molar-refractivity contribution in [2.45, 2.75) is 13.8 Å². The number of thiocarbonyl (C=S) groups is 1. The number of benzene rings is 3. The van der Waals surface area contributed by atoms with Crippen molar-refractivity contribution in [1.82, 2.24) is 0 Å². The van der Waals surface area contributed by atoms with Crippen LogP contribution in [0.3, 0.4) is 0 Å². The average Bonchev–Trinajstić information content (AvgIpc) is 2.79. The zero-order valence-electron chi connectivity index (χ0n) is 17.9. The first-order valence-electron chi connectivity index (χ1n) is 10.3. The summed E-state index contributed by atoms with van der Waals surface area (Å²) in [5, 5.41) is 0.141. The lowest BCUT2D eigenvalue weighted by atomic mass is 10.1. The largest absolute Gasteiger partial charge is 0.270 e. The molecule has 1 fully saturated rings. The second-order valence-electron chi connectivity index (χ2n) is 7.54. The fourth-order valence-electron chi connectivity index (χ4n) is 3.64. The minimum Gasteiger partial charge on any atom is -0.268 e. The van der Waals surface area contributed by atoms with Crippen LogP contribution in [-0.2, 0) is 9.59 Å². The molecule has 158 valence electrons. The molecule has 0 bridgehead atoms. The maximum absolute atomic E-state index is 13.5. The number of rotatable bonds is 4. The predicted octanol–water partition coefficient (Wildman–Crippen LogP) is 5.61. The van der Waals surface area contributed by atoms with Crippen LogP contribution in [0.15, 0.2) is 96.6 Å². The Morgan fingerprint density at radius 3 is 2.06 bits per heavy atom. The molecule has 3 aromatic rings. The highest BCUT2D eigenvalue weighted by molar-refractivity contribution is 7.81. The van der Waals surface area contributed by atoms with Gasteiger partial charge >= 0.3 is 0 Å². The van der Waals surface area contributed by atoms with Gasteiger partial charge in [0.25, 0.3) is 11.8 Å². The van der Waals surface area contributed by atoms with Crippen molar-refractivity contribution in [3.05, 3.63) is 113 Å². The van der Waals surface area contributed by atoms with E-state index >= 15 is 0 Å². The van der Waals surface area contributed by atoms with Gasteiger partial charge in [0.2, 0.25) is 0 Å². The number of hydrogen-bond donors (Lipinski definition) is 0. The first-order chi connectivity index (χ1) is 15.5. The van der Waals surface area contributed by atoms with E-state index in [0.29, 0.717) is 11.4 Å². The van der Waals surface area contributed by atoms with Crippen LogP contribution in [0.5, 0.6) is 0 Å². The zero-order valence-corrected chi connectivity index (χ0v) is 18.7. The number of carbonyl (C=O) groups excluding carboxylic acids is 2. The molecule has 0 unspecified atom stereocenters. The van der Waals surface area contributed by atoms with Gasteiger partial charge in [0.1, 0.15) is 5.57 Å². The topological polar surface area (TPSA) is 40.6 Å². The smallest absolute Gasteiger partial charge is 0.268 e. The van der Waals surface area contributed by atoms with E-state index in [1.54, 1.807) is 24.3 Å². The molecule has 0 spiro atoms. The van der Waals surface area contributed by atoms with Gasteiger partial charge in [-0.05, 0) is 61.5 Å². The standard InChI is InChI=1S/C27H22N2O2S/c1-19-16-17-24(20(2)18-19)29-26(31)23(15-9-12-21-10-5-3-6-11-21)25(30)28(27(29)32)22-13-7-4-8-14-22/h3-18H,1-2H3. The third-order valence-corrected chi connectivity index (χ3v) is 5.57. The summed E-state index contributed by atoms with van der Waals surface area (Å²) in [5.74, 6) is -0.873. The second kappa shape index (κ2) is 9.12. The van der Waals surface area contributed by atoms with E-state index in [1.807, 2.05) is 86.7 Å². The van der Waals surface area contributed by atoms with Gasteiger partial charge in [0.05, 0.1) is 11.4 Å². The van der Waals surface area contributed by atoms with Crippen molar-refractivity contribution in [3.8, 4) is 0 Å². The molecule has 5 heteroatoms. The molecule has 0 N–H and O–H groups in total. The van der Waals surface area contributed by atoms with Crippen molar-refractivity contribution in [2.75, 3.05) is 9.80 Å². The first-order valence-corrected chi connectivity index (χ1v) is 10.7. The Morgan fingerprint density at radius 1 is 0.781 bits per heavy atom. The molecule has 0 aromatic heterocycles. The Hall–Kier alpha value is -3.83. The van der Waals surface area contributed by atoms with Crippen LogP contribution in [0, 0.1) is 13.8 Å². The molecular formula is C27H22N2O2S. The highest BCUT2D eigenvalue weighted by atomic mass is 32.1. The number of aryl methyl sites for hydroxylation is 2. The number of carbonyl (C=O) groups is 2. The van der Waals surface area contributed by atoms with Crippen LogP contribution in [0.1, 0.15) is 16.7 Å². The van der Waals surface area contributed by atoms with Crippen molar-refractivity contribution in [3.63, 3.8) is 0 Å². The van der Waals surface area contributed by atoms with Gasteiger partial charge in [0.15, 0.2) is 5.11 Å². The molecule has 1 aliphatic rings. The van der Waals surface area contributed by atoms with Crippen molar-refractivity contribution in [1.29, 1.82) is 0 Å². The van der Waals surface area contributed by atoms with E-state index in [0.717, 1.165) is 16.7 Å². The molecule has 4 rings (SSSR count). The van der Waals surface area contributed by atoms with E-state index in [1.165, 1.54) is 9.80 Å². The summed E-state index contributed by atoms with van der Waals surface area (Å²) in [7, 11) is 0. The lowest BCUT2D eigenvalue weighted by molar-refractivity contribution is -0.120. The summed E-state index contributed by atoms with van der Waals surface area (Å²) in [4.78, 5) is 29.7. The maximum Gasteiger partial charge on any atom is 0.270 e. The highest BCUT2D eigenvalue weighted by Gasteiger charge is 2.41. The number of allylic oxidation sites excluding steroid dienone is 2. The van der Waals surface area contributed by atoms with Crippen LogP contribution >= 0.6 is 12.2 Å². The molecule has 0 aliphatic carbocycles. The molecule has 1 aliphatic heterocycles. The SMILES string of the molecule is Cc1ccc(N2C(=O)C(=CC=Cc3ccccc3)C(=O)N(c3ccccc3)C2=S)c(C)c1. The third-order valence-electron chi connectivity index (χ3n) is 5.21. The zero-order chi connectivity index (χ0) is 22.7. The number of nitrogens with zero attached hydrogens (tertiary/aromatic N) is 2. The molecule has 32 heavy (non-hydrogen) atoms. The Bertz CT molecular complexity index is 1250. The van der Waals surface area contributed by atoms with E-state index < -0.39 is 11.8 Å². The fraction of sp³-hybridized carbons (Fsp3) is 0.0741. The summed E-state index contributed by atoms with van der Waals surface area (Å²) in [6.07, 6.45) is 5.14. The molecule has 0 radical (unpaired) electrons. The van der Waals surface area contributed by atoms with E-state index in [4.69, 9.17) is 12.2 Å². The Labute approximate surface area is 193 Å². The van der Waals surface area contributed by atoms with Gasteiger partial charge in [-0.1, -0.05) is 78.4 Å². The molecule has 3 aromatic carbocycles. The lowest BCUT2D eigenvalue weighted by Gasteiger charge is -2.37. The van der Waals surface area contributed by atoms with Gasteiger partial charge in [-0.15, -0.1) is 0 Å². The lowest BCUT2D eigenvalue weighted by Crippen LogP contribution is -2.57. The fourth-order valence-corrected chi connectivity index (χ4v) is 4.01. The van der Waals surface area contributed by atoms with Crippen LogP contribution in [0.4, 0.5) is 11.4 Å². The highest BCUT2D eigenvalue weighted by Crippen LogP contribution is 2.31. The molecular weight excluding hydrogens is 416 g/mol. The molecule has 0 saturated carbocycles. The normalized spacial score (nSPS) is 15.8. The molecule has 4 nitrogen and oxygen atoms in total. The molecule has 2 amide bonds. The third kappa shape index (κ3) is 4.15. The van der Waals surface area contributed by atoms with Crippen LogP contribution in [0.2, 0.25) is 0 Å². The van der Waals surface area contributed by atoms with Gasteiger partial charge in [-0.2, -0.15) is 0 Å². The number of hydrogen-bond acceptors (Lipinski definition) is 3. The van der Waals surface area contributed by atoms with E-state index in [2.05, 4.69) is 0 Å². The molecule has 1 saturated heterocycles. The van der Waals surface area contributed by atoms with Crippen LogP contribution < -0.4 is 9.80 Å². The van der Waals surface area contributed by atoms with Crippen LogP contribution in [0.25, 0.3) is 6.08 Å². The summed E-state index contributed by atoms with van der Waals surface area (Å²) in [6.45, 7) is 3.92. The Kier molecular flexibility index (Phi) is 6.10. The predicted molar refractivity (Wildman–Crippen MR) is 133 cm³/mol. The Balaban J connectivity index is 1.81. The van der Waals surface area contributed by atoms with Gasteiger partial charge in [-0.3, -0.25) is 19.4 Å². The Morgan fingerprint density at radius 2 is 1.41 bits per heavy atom. The van der Waals surface area contributed by atoms with Gasteiger partial charge in [0, 0.05) is 0 Å². The minimum absolute atomic E-state index is 0.0506. The molecule has 0 atom stereocenters. The minimum atomic E-state index is -0.440. The van der Waals surface area contributed by atoms with Crippen molar-refractivity contribution < 1.29 is 9.59 Å². The van der Waals surface area contributed by atoms with Gasteiger partial charge in [-0.25, -0.2) is 0 Å². The monoisotopic (exact) mass is 438 g/mol. The number of amides is 2. The second-order valence-corrected chi connectivity index (χ2v) is 7.90. The summed E-state index contributed by atoms with van der Waals surface area (Å²) < 4.78 is 0. The quantitative estimate of drug-likeness (QED) is 0.302. The summed E-state index contributed by atoms with van der Waals surface area (Å²) >= 11 is 5.67. The molecule has 1 heterocycles. The average molecular weight is 439 g/mol. The summed E-state index contributed by atoms with van der Waals surface area (Å²) in [5.41, 5.74) is 4.29. The number of anilines is 2. The van der Waals surface area contributed by atoms with Gasteiger partial charge < -0.3 is 0 Å². The first kappa shape index (κ1) is 21.4. The van der Waals surface area contributed by atoms with Crippen LogP contribution in [-0.4, -0.2) is 16.9 Å². The van der Waals surface area contributed by atoms with Crippen molar-refractivity contribution >= 4 is 46.6 Å².